The molecule has 1 N–H and O–H groups in total. The molecule has 19 heavy (non-hydrogen) atoms. The molecule has 2 heteroatoms. The predicted molar refractivity (Wildman–Crippen MR) is 82.4 cm³/mol. The number of hydrogen-bond donors (Lipinski definition) is 1. The molecule has 0 aliphatic carbocycles. The third-order valence-electron chi connectivity index (χ3n) is 3.31. The van der Waals surface area contributed by atoms with Crippen molar-refractivity contribution < 1.29 is 5.11 Å². The van der Waals surface area contributed by atoms with Gasteiger partial charge in [0, 0.05) is 10.6 Å². The molecule has 2 aromatic carbocycles. The molecule has 100 valence electrons. The van der Waals surface area contributed by atoms with Gasteiger partial charge in [0.15, 0.2) is 0 Å². The summed E-state index contributed by atoms with van der Waals surface area (Å²) in [5.74, 6) is 0.945. The Kier molecular flexibility index (Phi) is 5.06. The maximum atomic E-state index is 10.0. The minimum absolute atomic E-state index is 0.361. The van der Waals surface area contributed by atoms with Gasteiger partial charge in [-0.25, -0.2) is 0 Å². The van der Waals surface area contributed by atoms with Crippen molar-refractivity contribution in [2.75, 3.05) is 0 Å². The third kappa shape index (κ3) is 3.62. The van der Waals surface area contributed by atoms with Gasteiger partial charge in [-0.2, -0.15) is 0 Å². The summed E-state index contributed by atoms with van der Waals surface area (Å²) in [7, 11) is 0. The van der Waals surface area contributed by atoms with Crippen molar-refractivity contribution in [2.24, 2.45) is 0 Å². The van der Waals surface area contributed by atoms with E-state index in [-0.39, 0.29) is 6.10 Å². The van der Waals surface area contributed by atoms with E-state index in [0.29, 0.717) is 0 Å². The van der Waals surface area contributed by atoms with Gasteiger partial charge in [-0.3, -0.25) is 0 Å². The van der Waals surface area contributed by atoms with Crippen molar-refractivity contribution in [1.82, 2.24) is 0 Å². The molecule has 0 aliphatic heterocycles. The SMILES string of the molecule is CC[C@H](O)c1ccccc1SCc1ccccc1C. The summed E-state index contributed by atoms with van der Waals surface area (Å²) in [6.07, 6.45) is 0.391. The van der Waals surface area contributed by atoms with Gasteiger partial charge in [0.1, 0.15) is 0 Å². The number of hydrogen-bond acceptors (Lipinski definition) is 2. The predicted octanol–water partition coefficient (Wildman–Crippen LogP) is 4.73. The van der Waals surface area contributed by atoms with E-state index in [1.165, 1.54) is 16.0 Å². The standard InChI is InChI=1S/C17H20OS/c1-3-16(18)15-10-6-7-11-17(15)19-12-14-9-5-4-8-13(14)2/h4-11,16,18H,3,12H2,1-2H3/t16-/m0/s1. The lowest BCUT2D eigenvalue weighted by Crippen LogP contribution is -1.97. The molecule has 2 rings (SSSR count). The molecule has 0 aromatic heterocycles. The van der Waals surface area contributed by atoms with Crippen molar-refractivity contribution in [3.63, 3.8) is 0 Å². The zero-order chi connectivity index (χ0) is 13.7. The van der Waals surface area contributed by atoms with E-state index in [0.717, 1.165) is 17.7 Å². The van der Waals surface area contributed by atoms with Crippen LogP contribution < -0.4 is 0 Å². The van der Waals surface area contributed by atoms with Crippen molar-refractivity contribution >= 4 is 11.8 Å². The molecular formula is C17H20OS. The Morgan fingerprint density at radius 1 is 1.05 bits per heavy atom. The van der Waals surface area contributed by atoms with Crippen molar-refractivity contribution in [3.8, 4) is 0 Å². The summed E-state index contributed by atoms with van der Waals surface area (Å²) < 4.78 is 0. The summed E-state index contributed by atoms with van der Waals surface area (Å²) in [5.41, 5.74) is 3.72. The first kappa shape index (κ1) is 14.2. The van der Waals surface area contributed by atoms with Crippen LogP contribution in [-0.4, -0.2) is 5.11 Å². The number of aliphatic hydroxyl groups is 1. The Morgan fingerprint density at radius 3 is 2.47 bits per heavy atom. The molecular weight excluding hydrogens is 252 g/mol. The highest BCUT2D eigenvalue weighted by atomic mass is 32.2. The first-order valence-corrected chi connectivity index (χ1v) is 7.65. The lowest BCUT2D eigenvalue weighted by molar-refractivity contribution is 0.171. The van der Waals surface area contributed by atoms with Crippen LogP contribution in [0.15, 0.2) is 53.4 Å². The zero-order valence-electron chi connectivity index (χ0n) is 11.5. The highest BCUT2D eigenvalue weighted by molar-refractivity contribution is 7.98. The normalized spacial score (nSPS) is 12.4. The molecule has 1 atom stereocenters. The van der Waals surface area contributed by atoms with Crippen molar-refractivity contribution in [1.29, 1.82) is 0 Å². The van der Waals surface area contributed by atoms with Crippen LogP contribution in [0.1, 0.15) is 36.1 Å². The van der Waals surface area contributed by atoms with Crippen LogP contribution in [0.3, 0.4) is 0 Å². The second-order valence-corrected chi connectivity index (χ2v) is 5.69. The topological polar surface area (TPSA) is 20.2 Å². The Labute approximate surface area is 119 Å². The second kappa shape index (κ2) is 6.78. The largest absolute Gasteiger partial charge is 0.388 e. The van der Waals surface area contributed by atoms with Crippen molar-refractivity contribution in [3.05, 3.63) is 65.2 Å². The van der Waals surface area contributed by atoms with Crippen molar-refractivity contribution in [2.45, 2.75) is 37.0 Å². The fourth-order valence-electron chi connectivity index (χ4n) is 2.03. The first-order valence-electron chi connectivity index (χ1n) is 6.66. The van der Waals surface area contributed by atoms with Gasteiger partial charge >= 0.3 is 0 Å². The fourth-order valence-corrected chi connectivity index (χ4v) is 3.22. The zero-order valence-corrected chi connectivity index (χ0v) is 12.3. The van der Waals surface area contributed by atoms with Crippen LogP contribution in [0, 0.1) is 6.92 Å². The lowest BCUT2D eigenvalue weighted by atomic mass is 10.1. The number of benzene rings is 2. The molecule has 0 saturated heterocycles. The quantitative estimate of drug-likeness (QED) is 0.794. The monoisotopic (exact) mass is 272 g/mol. The summed E-state index contributed by atoms with van der Waals surface area (Å²) in [5, 5.41) is 10.0. The Morgan fingerprint density at radius 2 is 1.74 bits per heavy atom. The van der Waals surface area contributed by atoms with E-state index in [1.807, 2.05) is 25.1 Å². The van der Waals surface area contributed by atoms with Crippen LogP contribution in [0.5, 0.6) is 0 Å². The highest BCUT2D eigenvalue weighted by Crippen LogP contribution is 2.31. The lowest BCUT2D eigenvalue weighted by Gasteiger charge is -2.14. The Hall–Kier alpha value is -1.25. The Bertz CT molecular complexity index is 536. The van der Waals surface area contributed by atoms with Gasteiger partial charge in [-0.15, -0.1) is 11.8 Å². The van der Waals surface area contributed by atoms with Crippen LogP contribution >= 0.6 is 11.8 Å². The van der Waals surface area contributed by atoms with E-state index in [2.05, 4.69) is 37.3 Å². The summed E-state index contributed by atoms with van der Waals surface area (Å²) in [6.45, 7) is 4.15. The maximum absolute atomic E-state index is 10.0. The maximum Gasteiger partial charge on any atom is 0.0798 e. The Balaban J connectivity index is 2.14. The minimum Gasteiger partial charge on any atom is -0.388 e. The second-order valence-electron chi connectivity index (χ2n) is 4.68. The molecule has 0 saturated carbocycles. The van der Waals surface area contributed by atoms with E-state index in [9.17, 15) is 5.11 Å². The average molecular weight is 272 g/mol. The summed E-state index contributed by atoms with van der Waals surface area (Å²) >= 11 is 1.80. The summed E-state index contributed by atoms with van der Waals surface area (Å²) in [6, 6.07) is 16.6. The van der Waals surface area contributed by atoms with Crippen LogP contribution in [0.2, 0.25) is 0 Å². The van der Waals surface area contributed by atoms with Crippen LogP contribution in [-0.2, 0) is 5.75 Å². The summed E-state index contributed by atoms with van der Waals surface area (Å²) in [4.78, 5) is 1.18. The molecule has 2 aromatic rings. The molecule has 0 radical (unpaired) electrons. The molecule has 1 nitrogen and oxygen atoms in total. The fraction of sp³-hybridized carbons (Fsp3) is 0.294. The van der Waals surface area contributed by atoms with E-state index in [4.69, 9.17) is 0 Å². The van der Waals surface area contributed by atoms with Gasteiger partial charge in [-0.05, 0) is 36.1 Å². The van der Waals surface area contributed by atoms with E-state index < -0.39 is 0 Å². The van der Waals surface area contributed by atoms with Crippen LogP contribution in [0.25, 0.3) is 0 Å². The molecule has 0 bridgehead atoms. The van der Waals surface area contributed by atoms with E-state index in [1.54, 1.807) is 11.8 Å². The molecule has 0 heterocycles. The van der Waals surface area contributed by atoms with Gasteiger partial charge in [0.05, 0.1) is 6.10 Å². The average Bonchev–Trinajstić information content (AvgIpc) is 2.46. The number of aryl methyl sites for hydroxylation is 1. The van der Waals surface area contributed by atoms with Crippen LogP contribution in [0.4, 0.5) is 0 Å². The number of rotatable bonds is 5. The first-order chi connectivity index (χ1) is 9.22. The third-order valence-corrected chi connectivity index (χ3v) is 4.45. The molecule has 0 amide bonds. The van der Waals surface area contributed by atoms with E-state index >= 15 is 0 Å². The molecule has 0 fully saturated rings. The number of aliphatic hydroxyl groups excluding tert-OH is 1. The molecule has 0 spiro atoms. The smallest absolute Gasteiger partial charge is 0.0798 e. The van der Waals surface area contributed by atoms with Gasteiger partial charge in [0.25, 0.3) is 0 Å². The minimum atomic E-state index is -0.361. The van der Waals surface area contributed by atoms with Gasteiger partial charge in [-0.1, -0.05) is 49.4 Å². The molecule has 0 unspecified atom stereocenters. The van der Waals surface area contributed by atoms with Gasteiger partial charge < -0.3 is 5.11 Å². The van der Waals surface area contributed by atoms with Gasteiger partial charge in [0.2, 0.25) is 0 Å². The highest BCUT2D eigenvalue weighted by Gasteiger charge is 2.10. The molecule has 0 aliphatic rings. The number of thioether (sulfide) groups is 1.